The molecule has 0 amide bonds. The molecule has 0 saturated carbocycles. The zero-order valence-electron chi connectivity index (χ0n) is 10.9. The maximum Gasteiger partial charge on any atom is 0.323 e. The van der Waals surface area contributed by atoms with Crippen LogP contribution in [-0.4, -0.2) is 38.4 Å². The van der Waals surface area contributed by atoms with Crippen LogP contribution in [-0.2, 0) is 0 Å². The minimum Gasteiger partial charge on any atom is -0.464 e. The van der Waals surface area contributed by atoms with Gasteiger partial charge in [0.2, 0.25) is 5.95 Å². The molecular weight excluding hydrogens is 232 g/mol. The maximum atomic E-state index is 5.31. The molecule has 18 heavy (non-hydrogen) atoms. The first kappa shape index (κ1) is 12.3. The van der Waals surface area contributed by atoms with E-state index in [9.17, 15) is 0 Å². The van der Waals surface area contributed by atoms with E-state index < -0.39 is 0 Å². The fraction of sp³-hybridized carbons (Fsp3) is 0.455. The van der Waals surface area contributed by atoms with Crippen LogP contribution in [0.4, 0.5) is 5.95 Å². The standard InChI is InChI=1S/C11H16N6O/c1-5-18-11-14-9(12-4)13-10(15-11)17-8(3)6-7(2)16-17/h6H,5H2,1-4H3,(H,12,13,14,15). The number of rotatable bonds is 4. The van der Waals surface area contributed by atoms with E-state index in [1.807, 2.05) is 26.8 Å². The van der Waals surface area contributed by atoms with E-state index in [0.717, 1.165) is 11.4 Å². The van der Waals surface area contributed by atoms with Crippen LogP contribution in [0.5, 0.6) is 6.01 Å². The number of hydrogen-bond acceptors (Lipinski definition) is 6. The highest BCUT2D eigenvalue weighted by Crippen LogP contribution is 2.13. The Bertz CT molecular complexity index is 550. The number of aromatic nitrogens is 5. The third-order valence-electron chi connectivity index (χ3n) is 2.30. The number of nitrogens with zero attached hydrogens (tertiary/aromatic N) is 5. The summed E-state index contributed by atoms with van der Waals surface area (Å²) in [6.45, 7) is 6.26. The van der Waals surface area contributed by atoms with Gasteiger partial charge in [-0.3, -0.25) is 0 Å². The molecule has 2 aromatic rings. The lowest BCUT2D eigenvalue weighted by Crippen LogP contribution is -2.10. The van der Waals surface area contributed by atoms with Gasteiger partial charge in [0.15, 0.2) is 0 Å². The highest BCUT2D eigenvalue weighted by atomic mass is 16.5. The molecule has 0 saturated heterocycles. The lowest BCUT2D eigenvalue weighted by atomic mass is 10.4. The van der Waals surface area contributed by atoms with Crippen LogP contribution in [0, 0.1) is 13.8 Å². The topological polar surface area (TPSA) is 77.8 Å². The minimum absolute atomic E-state index is 0.291. The summed E-state index contributed by atoms with van der Waals surface area (Å²) in [4.78, 5) is 12.6. The molecular formula is C11H16N6O. The van der Waals surface area contributed by atoms with E-state index in [2.05, 4.69) is 25.4 Å². The molecule has 0 aliphatic rings. The Hall–Kier alpha value is -2.18. The zero-order valence-corrected chi connectivity index (χ0v) is 10.9. The van der Waals surface area contributed by atoms with Crippen molar-refractivity contribution in [2.24, 2.45) is 0 Å². The van der Waals surface area contributed by atoms with Crippen LogP contribution in [0.3, 0.4) is 0 Å². The molecule has 7 heteroatoms. The van der Waals surface area contributed by atoms with Crippen LogP contribution in [0.15, 0.2) is 6.07 Å². The third-order valence-corrected chi connectivity index (χ3v) is 2.30. The number of aryl methyl sites for hydroxylation is 2. The molecule has 0 radical (unpaired) electrons. The van der Waals surface area contributed by atoms with Crippen molar-refractivity contribution < 1.29 is 4.74 Å². The van der Waals surface area contributed by atoms with Gasteiger partial charge in [-0.1, -0.05) is 0 Å². The van der Waals surface area contributed by atoms with Crippen molar-refractivity contribution in [2.75, 3.05) is 19.0 Å². The normalized spacial score (nSPS) is 10.4. The van der Waals surface area contributed by atoms with E-state index in [1.54, 1.807) is 11.7 Å². The van der Waals surface area contributed by atoms with Gasteiger partial charge in [0.1, 0.15) is 0 Å². The van der Waals surface area contributed by atoms with Crippen molar-refractivity contribution in [3.8, 4) is 12.0 Å². The average molecular weight is 248 g/mol. The first-order chi connectivity index (χ1) is 8.63. The summed E-state index contributed by atoms with van der Waals surface area (Å²) in [5, 5.41) is 7.22. The SMILES string of the molecule is CCOc1nc(NC)nc(-n2nc(C)cc2C)n1. The van der Waals surface area contributed by atoms with Gasteiger partial charge in [-0.25, -0.2) is 4.68 Å². The first-order valence-corrected chi connectivity index (χ1v) is 5.74. The molecule has 1 N–H and O–H groups in total. The summed E-state index contributed by atoms with van der Waals surface area (Å²) in [5.41, 5.74) is 1.88. The zero-order chi connectivity index (χ0) is 13.1. The molecule has 0 unspecified atom stereocenters. The van der Waals surface area contributed by atoms with Crippen molar-refractivity contribution in [1.82, 2.24) is 24.7 Å². The fourth-order valence-corrected chi connectivity index (χ4v) is 1.58. The number of nitrogens with one attached hydrogen (secondary N) is 1. The summed E-state index contributed by atoms with van der Waals surface area (Å²) in [6.07, 6.45) is 0. The molecule has 0 aliphatic carbocycles. The third kappa shape index (κ3) is 2.39. The molecule has 2 rings (SSSR count). The highest BCUT2D eigenvalue weighted by Gasteiger charge is 2.11. The van der Waals surface area contributed by atoms with E-state index in [-0.39, 0.29) is 0 Å². The summed E-state index contributed by atoms with van der Waals surface area (Å²) in [6, 6.07) is 2.25. The molecule has 0 spiro atoms. The second-order valence-electron chi connectivity index (χ2n) is 3.76. The van der Waals surface area contributed by atoms with Gasteiger partial charge in [-0.2, -0.15) is 20.1 Å². The van der Waals surface area contributed by atoms with E-state index in [0.29, 0.717) is 24.5 Å². The van der Waals surface area contributed by atoms with E-state index in [4.69, 9.17) is 4.74 Å². The summed E-state index contributed by atoms with van der Waals surface area (Å²) in [5.74, 6) is 0.902. The highest BCUT2D eigenvalue weighted by molar-refractivity contribution is 5.30. The Balaban J connectivity index is 2.49. The van der Waals surface area contributed by atoms with Gasteiger partial charge >= 0.3 is 6.01 Å². The Labute approximate surface area is 105 Å². The van der Waals surface area contributed by atoms with Crippen LogP contribution >= 0.6 is 0 Å². The Morgan fingerprint density at radius 2 is 2.06 bits per heavy atom. The Kier molecular flexibility index (Phi) is 3.40. The summed E-state index contributed by atoms with van der Waals surface area (Å²) >= 11 is 0. The fourth-order valence-electron chi connectivity index (χ4n) is 1.58. The quantitative estimate of drug-likeness (QED) is 0.873. The summed E-state index contributed by atoms with van der Waals surface area (Å²) in [7, 11) is 1.75. The predicted molar refractivity (Wildman–Crippen MR) is 67.1 cm³/mol. The van der Waals surface area contributed by atoms with Gasteiger partial charge in [0, 0.05) is 12.7 Å². The molecule has 2 aromatic heterocycles. The smallest absolute Gasteiger partial charge is 0.323 e. The van der Waals surface area contributed by atoms with Crippen molar-refractivity contribution >= 4 is 5.95 Å². The van der Waals surface area contributed by atoms with Crippen molar-refractivity contribution in [3.63, 3.8) is 0 Å². The number of anilines is 1. The molecule has 0 atom stereocenters. The lowest BCUT2D eigenvalue weighted by molar-refractivity contribution is 0.311. The molecule has 96 valence electrons. The van der Waals surface area contributed by atoms with Crippen molar-refractivity contribution in [1.29, 1.82) is 0 Å². The van der Waals surface area contributed by atoms with Gasteiger partial charge < -0.3 is 10.1 Å². The van der Waals surface area contributed by atoms with Crippen LogP contribution in [0.25, 0.3) is 5.95 Å². The van der Waals surface area contributed by atoms with Crippen LogP contribution < -0.4 is 10.1 Å². The van der Waals surface area contributed by atoms with Gasteiger partial charge in [0.05, 0.1) is 12.3 Å². The minimum atomic E-state index is 0.291. The van der Waals surface area contributed by atoms with Crippen molar-refractivity contribution in [2.45, 2.75) is 20.8 Å². The maximum absolute atomic E-state index is 5.31. The second kappa shape index (κ2) is 4.99. The predicted octanol–water partition coefficient (Wildman–Crippen LogP) is 1.11. The summed E-state index contributed by atoms with van der Waals surface area (Å²) < 4.78 is 6.98. The molecule has 0 aliphatic heterocycles. The monoisotopic (exact) mass is 248 g/mol. The molecule has 0 aromatic carbocycles. The van der Waals surface area contributed by atoms with Gasteiger partial charge in [0.25, 0.3) is 5.95 Å². The second-order valence-corrected chi connectivity index (χ2v) is 3.76. The molecule has 0 bridgehead atoms. The lowest BCUT2D eigenvalue weighted by Gasteiger charge is -2.07. The van der Waals surface area contributed by atoms with Gasteiger partial charge in [-0.05, 0) is 26.8 Å². The van der Waals surface area contributed by atoms with Crippen molar-refractivity contribution in [3.05, 3.63) is 17.5 Å². The molecule has 2 heterocycles. The van der Waals surface area contributed by atoms with Crippen LogP contribution in [0.1, 0.15) is 18.3 Å². The van der Waals surface area contributed by atoms with Gasteiger partial charge in [-0.15, -0.1) is 0 Å². The molecule has 7 nitrogen and oxygen atoms in total. The number of ether oxygens (including phenoxy) is 1. The number of hydrogen-bond donors (Lipinski definition) is 1. The van der Waals surface area contributed by atoms with E-state index >= 15 is 0 Å². The molecule has 0 fully saturated rings. The average Bonchev–Trinajstić information content (AvgIpc) is 2.68. The van der Waals surface area contributed by atoms with E-state index in [1.165, 1.54) is 0 Å². The first-order valence-electron chi connectivity index (χ1n) is 5.74. The van der Waals surface area contributed by atoms with Crippen LogP contribution in [0.2, 0.25) is 0 Å². The largest absolute Gasteiger partial charge is 0.464 e. The Morgan fingerprint density at radius 1 is 1.28 bits per heavy atom. The Morgan fingerprint density at radius 3 is 2.61 bits per heavy atom.